The fourth-order valence-corrected chi connectivity index (χ4v) is 2.77. The maximum absolute atomic E-state index is 10.4. The maximum atomic E-state index is 10.4. The van der Waals surface area contributed by atoms with Crippen molar-refractivity contribution < 1.29 is 5.11 Å². The van der Waals surface area contributed by atoms with Crippen LogP contribution >= 0.6 is 11.6 Å². The van der Waals surface area contributed by atoms with Crippen molar-refractivity contribution in [2.45, 2.75) is 50.8 Å². The highest BCUT2D eigenvalue weighted by molar-refractivity contribution is 6.30. The molecule has 2 atom stereocenters. The minimum absolute atomic E-state index is 0.114. The number of hydrogen-bond donors (Lipinski definition) is 2. The highest BCUT2D eigenvalue weighted by Gasteiger charge is 2.31. The van der Waals surface area contributed by atoms with Crippen LogP contribution in [0.25, 0.3) is 0 Å². The monoisotopic (exact) mass is 253 g/mol. The molecule has 0 amide bonds. The van der Waals surface area contributed by atoms with Crippen LogP contribution in [0.15, 0.2) is 24.3 Å². The van der Waals surface area contributed by atoms with Crippen LogP contribution in [0.5, 0.6) is 0 Å². The van der Waals surface area contributed by atoms with Gasteiger partial charge in [-0.3, -0.25) is 0 Å². The molecule has 1 aromatic carbocycles. The zero-order valence-electron chi connectivity index (χ0n) is 10.4. The van der Waals surface area contributed by atoms with Crippen molar-refractivity contribution in [3.8, 4) is 0 Å². The highest BCUT2D eigenvalue weighted by Crippen LogP contribution is 2.29. The van der Waals surface area contributed by atoms with Crippen LogP contribution in [0.3, 0.4) is 0 Å². The van der Waals surface area contributed by atoms with E-state index in [9.17, 15) is 5.11 Å². The van der Waals surface area contributed by atoms with Crippen LogP contribution in [-0.2, 0) is 0 Å². The van der Waals surface area contributed by atoms with Gasteiger partial charge in [0, 0.05) is 16.6 Å². The summed E-state index contributed by atoms with van der Waals surface area (Å²) in [4.78, 5) is 0. The Morgan fingerprint density at radius 3 is 2.88 bits per heavy atom. The molecule has 0 aromatic heterocycles. The molecule has 0 radical (unpaired) electrons. The molecular weight excluding hydrogens is 234 g/mol. The van der Waals surface area contributed by atoms with E-state index in [-0.39, 0.29) is 11.6 Å². The lowest BCUT2D eigenvalue weighted by molar-refractivity contribution is 0.0844. The number of nitrogens with one attached hydrogen (secondary N) is 1. The summed E-state index contributed by atoms with van der Waals surface area (Å²) in [6, 6.07) is 7.61. The molecule has 0 saturated carbocycles. The first-order valence-electron chi connectivity index (χ1n) is 6.19. The van der Waals surface area contributed by atoms with Crippen LogP contribution in [0.2, 0.25) is 5.02 Å². The van der Waals surface area contributed by atoms with E-state index < -0.39 is 6.10 Å². The minimum Gasteiger partial charge on any atom is -0.387 e. The normalized spacial score (nSPS) is 25.5. The third-order valence-electron chi connectivity index (χ3n) is 3.46. The highest BCUT2D eigenvalue weighted by atomic mass is 35.5. The predicted molar refractivity (Wildman–Crippen MR) is 71.3 cm³/mol. The summed E-state index contributed by atoms with van der Waals surface area (Å²) >= 11 is 5.95. The van der Waals surface area contributed by atoms with Gasteiger partial charge in [-0.2, -0.15) is 0 Å². The molecule has 3 heteroatoms. The lowest BCUT2D eigenvalue weighted by atomic mass is 9.86. The largest absolute Gasteiger partial charge is 0.387 e. The van der Waals surface area contributed by atoms with Crippen LogP contribution in [-0.4, -0.2) is 16.7 Å². The Balaban J connectivity index is 2.12. The van der Waals surface area contributed by atoms with E-state index in [1.807, 2.05) is 24.3 Å². The van der Waals surface area contributed by atoms with E-state index in [1.54, 1.807) is 0 Å². The molecule has 1 aromatic rings. The molecule has 0 spiro atoms. The Hall–Kier alpha value is -0.570. The van der Waals surface area contributed by atoms with Gasteiger partial charge in [0.2, 0.25) is 0 Å². The van der Waals surface area contributed by atoms with Crippen molar-refractivity contribution in [2.24, 2.45) is 0 Å². The molecule has 2 rings (SSSR count). The lowest BCUT2D eigenvalue weighted by Crippen LogP contribution is -2.51. The van der Waals surface area contributed by atoms with Crippen molar-refractivity contribution in [1.29, 1.82) is 0 Å². The second-order valence-corrected chi connectivity index (χ2v) is 5.96. The first kappa shape index (κ1) is 12.9. The fraction of sp³-hybridized carbons (Fsp3) is 0.571. The molecule has 1 aliphatic rings. The summed E-state index contributed by atoms with van der Waals surface area (Å²) in [6.45, 7) is 4.37. The van der Waals surface area contributed by atoms with Crippen LogP contribution < -0.4 is 5.32 Å². The van der Waals surface area contributed by atoms with Gasteiger partial charge in [-0.15, -0.1) is 0 Å². The standard InChI is InChI=1S/C14H20ClNO/c1-14(2)8-4-7-12(16-14)13(17)10-5-3-6-11(15)9-10/h3,5-6,9,12-13,16-17H,4,7-8H2,1-2H3/t12-,13+/m1/s1. The van der Waals surface area contributed by atoms with Crippen LogP contribution in [0, 0.1) is 0 Å². The van der Waals surface area contributed by atoms with E-state index in [0.29, 0.717) is 5.02 Å². The molecule has 1 saturated heterocycles. The van der Waals surface area contributed by atoms with Crippen molar-refractivity contribution >= 4 is 11.6 Å². The summed E-state index contributed by atoms with van der Waals surface area (Å²) in [5.74, 6) is 0. The Morgan fingerprint density at radius 1 is 1.47 bits per heavy atom. The molecule has 0 unspecified atom stereocenters. The quantitative estimate of drug-likeness (QED) is 0.848. The zero-order chi connectivity index (χ0) is 12.5. The lowest BCUT2D eigenvalue weighted by Gasteiger charge is -2.39. The summed E-state index contributed by atoms with van der Waals surface area (Å²) < 4.78 is 0. The van der Waals surface area contributed by atoms with Gasteiger partial charge in [-0.25, -0.2) is 0 Å². The van der Waals surface area contributed by atoms with E-state index in [0.717, 1.165) is 24.8 Å². The van der Waals surface area contributed by atoms with Gasteiger partial charge in [0.05, 0.1) is 6.10 Å². The Labute approximate surface area is 108 Å². The van der Waals surface area contributed by atoms with Gasteiger partial charge >= 0.3 is 0 Å². The van der Waals surface area contributed by atoms with E-state index in [1.165, 1.54) is 0 Å². The summed E-state index contributed by atoms with van der Waals surface area (Å²) in [6.07, 6.45) is 2.85. The number of aliphatic hydroxyl groups is 1. The number of rotatable bonds is 2. The first-order chi connectivity index (χ1) is 7.98. The molecule has 94 valence electrons. The van der Waals surface area contributed by atoms with Gasteiger partial charge < -0.3 is 10.4 Å². The number of hydrogen-bond acceptors (Lipinski definition) is 2. The molecule has 0 bridgehead atoms. The van der Waals surface area contributed by atoms with Gasteiger partial charge in [0.15, 0.2) is 0 Å². The zero-order valence-corrected chi connectivity index (χ0v) is 11.2. The molecule has 1 aliphatic heterocycles. The van der Waals surface area contributed by atoms with E-state index in [2.05, 4.69) is 19.2 Å². The van der Waals surface area contributed by atoms with Crippen LogP contribution in [0.4, 0.5) is 0 Å². The summed E-state index contributed by atoms with van der Waals surface area (Å²) in [7, 11) is 0. The molecule has 0 aliphatic carbocycles. The second-order valence-electron chi connectivity index (χ2n) is 5.53. The average Bonchev–Trinajstić information content (AvgIpc) is 2.26. The topological polar surface area (TPSA) is 32.3 Å². The molecule has 2 N–H and O–H groups in total. The Bertz CT molecular complexity index is 392. The first-order valence-corrected chi connectivity index (χ1v) is 6.57. The number of benzene rings is 1. The Morgan fingerprint density at radius 2 is 2.24 bits per heavy atom. The Kier molecular flexibility index (Phi) is 3.76. The number of aliphatic hydroxyl groups excluding tert-OH is 1. The third kappa shape index (κ3) is 3.21. The fourth-order valence-electron chi connectivity index (χ4n) is 2.57. The van der Waals surface area contributed by atoms with Gasteiger partial charge in [-0.05, 0) is 50.8 Å². The molecule has 2 nitrogen and oxygen atoms in total. The van der Waals surface area contributed by atoms with Crippen LogP contribution in [0.1, 0.15) is 44.8 Å². The second kappa shape index (κ2) is 4.97. The third-order valence-corrected chi connectivity index (χ3v) is 3.70. The number of halogens is 1. The molecular formula is C14H20ClNO. The smallest absolute Gasteiger partial charge is 0.0943 e. The van der Waals surface area contributed by atoms with Gasteiger partial charge in [0.1, 0.15) is 0 Å². The average molecular weight is 254 g/mol. The van der Waals surface area contributed by atoms with Crippen molar-refractivity contribution in [2.75, 3.05) is 0 Å². The van der Waals surface area contributed by atoms with Crippen molar-refractivity contribution in [3.05, 3.63) is 34.9 Å². The minimum atomic E-state index is -0.478. The molecule has 1 fully saturated rings. The summed E-state index contributed by atoms with van der Waals surface area (Å²) in [5.41, 5.74) is 1.01. The van der Waals surface area contributed by atoms with Crippen molar-refractivity contribution in [1.82, 2.24) is 5.32 Å². The number of piperidine rings is 1. The molecule has 1 heterocycles. The van der Waals surface area contributed by atoms with Gasteiger partial charge in [-0.1, -0.05) is 23.7 Å². The van der Waals surface area contributed by atoms with E-state index in [4.69, 9.17) is 11.6 Å². The molecule has 17 heavy (non-hydrogen) atoms. The maximum Gasteiger partial charge on any atom is 0.0943 e. The van der Waals surface area contributed by atoms with Gasteiger partial charge in [0.25, 0.3) is 0 Å². The summed E-state index contributed by atoms with van der Waals surface area (Å²) in [5, 5.41) is 14.6. The SMILES string of the molecule is CC1(C)CCC[C@H]([C@@H](O)c2cccc(Cl)c2)N1. The predicted octanol–water partition coefficient (Wildman–Crippen LogP) is 3.29. The van der Waals surface area contributed by atoms with Crippen molar-refractivity contribution in [3.63, 3.8) is 0 Å². The van der Waals surface area contributed by atoms with E-state index >= 15 is 0 Å².